The number of furan rings is 1. The van der Waals surface area contributed by atoms with Crippen molar-refractivity contribution < 1.29 is 14.0 Å². The molecule has 0 spiro atoms. The van der Waals surface area contributed by atoms with Crippen LogP contribution in [0.2, 0.25) is 0 Å². The summed E-state index contributed by atoms with van der Waals surface area (Å²) in [5.41, 5.74) is 0.536. The Hall–Kier alpha value is -1.78. The second-order valence-corrected chi connectivity index (χ2v) is 5.28. The van der Waals surface area contributed by atoms with Crippen molar-refractivity contribution in [3.05, 3.63) is 24.2 Å². The van der Waals surface area contributed by atoms with Gasteiger partial charge in [0.25, 0.3) is 5.91 Å². The molecule has 21 heavy (non-hydrogen) atoms. The van der Waals surface area contributed by atoms with Gasteiger partial charge in [0.05, 0.1) is 11.8 Å². The minimum atomic E-state index is -0.0754. The van der Waals surface area contributed by atoms with Gasteiger partial charge < -0.3 is 14.6 Å². The van der Waals surface area contributed by atoms with Crippen molar-refractivity contribution in [2.24, 2.45) is 0 Å². The summed E-state index contributed by atoms with van der Waals surface area (Å²) in [7, 11) is 0. The lowest BCUT2D eigenvalue weighted by Gasteiger charge is -2.22. The maximum absolute atomic E-state index is 12.3. The van der Waals surface area contributed by atoms with Crippen molar-refractivity contribution >= 4 is 11.8 Å². The van der Waals surface area contributed by atoms with Crippen molar-refractivity contribution in [2.75, 3.05) is 13.1 Å². The topological polar surface area (TPSA) is 62.6 Å². The lowest BCUT2D eigenvalue weighted by Crippen LogP contribution is -2.38. The number of unbranched alkanes of at least 4 members (excludes halogenated alkanes) is 1. The van der Waals surface area contributed by atoms with E-state index in [2.05, 4.69) is 12.2 Å². The molecule has 0 unspecified atom stereocenters. The number of hydrogen-bond acceptors (Lipinski definition) is 3. The van der Waals surface area contributed by atoms with E-state index >= 15 is 0 Å². The molecule has 0 saturated carbocycles. The third kappa shape index (κ3) is 6.02. The molecule has 118 valence electrons. The number of carbonyl (C=O) groups is 2. The molecular formula is C16H26N2O3. The molecule has 1 heterocycles. The van der Waals surface area contributed by atoms with Crippen LogP contribution in [0.25, 0.3) is 0 Å². The summed E-state index contributed by atoms with van der Waals surface area (Å²) in [6.45, 7) is 7.18. The summed E-state index contributed by atoms with van der Waals surface area (Å²) in [6.07, 6.45) is 6.10. The van der Waals surface area contributed by atoms with Gasteiger partial charge in [0.15, 0.2) is 0 Å². The van der Waals surface area contributed by atoms with Gasteiger partial charge in [0.2, 0.25) is 5.91 Å². The fourth-order valence-electron chi connectivity index (χ4n) is 1.92. The van der Waals surface area contributed by atoms with E-state index in [-0.39, 0.29) is 17.9 Å². The van der Waals surface area contributed by atoms with E-state index in [1.165, 1.54) is 12.5 Å². The highest BCUT2D eigenvalue weighted by molar-refractivity contribution is 5.94. The largest absolute Gasteiger partial charge is 0.472 e. The summed E-state index contributed by atoms with van der Waals surface area (Å²) in [6, 6.07) is 1.83. The normalized spacial score (nSPS) is 12.0. The van der Waals surface area contributed by atoms with Crippen LogP contribution in [0.3, 0.4) is 0 Å². The molecule has 0 bridgehead atoms. The molecule has 0 radical (unpaired) electrons. The molecule has 2 amide bonds. The molecule has 5 nitrogen and oxygen atoms in total. The zero-order chi connectivity index (χ0) is 15.7. The fourth-order valence-corrected chi connectivity index (χ4v) is 1.92. The van der Waals surface area contributed by atoms with Crippen molar-refractivity contribution in [3.8, 4) is 0 Å². The molecule has 5 heteroatoms. The standard InChI is InChI=1S/C16H26N2O3/c1-4-6-9-18(16(20)14-8-11-21-12-14)10-7-15(19)17-13(3)5-2/h8,11-13H,4-7,9-10H2,1-3H3,(H,17,19)/t13-/m1/s1. The van der Waals surface area contributed by atoms with Crippen LogP contribution in [-0.2, 0) is 4.79 Å². The molecule has 1 rings (SSSR count). The van der Waals surface area contributed by atoms with E-state index < -0.39 is 0 Å². The van der Waals surface area contributed by atoms with Crippen LogP contribution >= 0.6 is 0 Å². The summed E-state index contributed by atoms with van der Waals surface area (Å²) in [5, 5.41) is 2.92. The van der Waals surface area contributed by atoms with Crippen LogP contribution in [0, 0.1) is 0 Å². The molecule has 0 fully saturated rings. The first-order chi connectivity index (χ1) is 10.1. The minimum Gasteiger partial charge on any atom is -0.472 e. The van der Waals surface area contributed by atoms with Crippen LogP contribution in [0.15, 0.2) is 23.0 Å². The van der Waals surface area contributed by atoms with Gasteiger partial charge >= 0.3 is 0 Å². The van der Waals surface area contributed by atoms with Gasteiger partial charge in [-0.15, -0.1) is 0 Å². The Kier molecular flexibility index (Phi) is 7.58. The minimum absolute atomic E-state index is 0.00848. The number of nitrogens with one attached hydrogen (secondary N) is 1. The van der Waals surface area contributed by atoms with Crippen LogP contribution < -0.4 is 5.32 Å². The lowest BCUT2D eigenvalue weighted by atomic mass is 10.2. The van der Waals surface area contributed by atoms with Gasteiger partial charge in [-0.2, -0.15) is 0 Å². The average molecular weight is 294 g/mol. The van der Waals surface area contributed by atoms with E-state index in [9.17, 15) is 9.59 Å². The zero-order valence-corrected chi connectivity index (χ0v) is 13.2. The average Bonchev–Trinajstić information content (AvgIpc) is 3.00. The second-order valence-electron chi connectivity index (χ2n) is 5.28. The Morgan fingerprint density at radius 1 is 1.33 bits per heavy atom. The van der Waals surface area contributed by atoms with E-state index in [4.69, 9.17) is 4.42 Å². The number of carbonyl (C=O) groups excluding carboxylic acids is 2. The number of nitrogens with zero attached hydrogens (tertiary/aromatic N) is 1. The quantitative estimate of drug-likeness (QED) is 0.761. The number of amides is 2. The molecule has 0 aliphatic carbocycles. The predicted octanol–water partition coefficient (Wildman–Crippen LogP) is 2.83. The summed E-state index contributed by atoms with van der Waals surface area (Å²) in [4.78, 5) is 25.9. The van der Waals surface area contributed by atoms with E-state index in [1.807, 2.05) is 13.8 Å². The van der Waals surface area contributed by atoms with Crippen LogP contribution in [0.1, 0.15) is 56.8 Å². The first-order valence-electron chi connectivity index (χ1n) is 7.69. The van der Waals surface area contributed by atoms with Gasteiger partial charge in [-0.1, -0.05) is 20.3 Å². The maximum atomic E-state index is 12.3. The number of hydrogen-bond donors (Lipinski definition) is 1. The predicted molar refractivity (Wildman–Crippen MR) is 82.0 cm³/mol. The zero-order valence-electron chi connectivity index (χ0n) is 13.2. The summed E-state index contributed by atoms with van der Waals surface area (Å²) in [5.74, 6) is -0.0839. The fraction of sp³-hybridized carbons (Fsp3) is 0.625. The Balaban J connectivity index is 2.54. The van der Waals surface area contributed by atoms with Crippen molar-refractivity contribution in [2.45, 2.75) is 52.5 Å². The molecule has 1 N–H and O–H groups in total. The first-order valence-corrected chi connectivity index (χ1v) is 7.69. The summed E-state index contributed by atoms with van der Waals surface area (Å²) >= 11 is 0. The highest BCUT2D eigenvalue weighted by Gasteiger charge is 2.17. The SMILES string of the molecule is CCCCN(CCC(=O)N[C@H](C)CC)C(=O)c1ccoc1. The van der Waals surface area contributed by atoms with Gasteiger partial charge in [0, 0.05) is 25.6 Å². The van der Waals surface area contributed by atoms with E-state index in [0.29, 0.717) is 25.1 Å². The second kappa shape index (κ2) is 9.21. The Morgan fingerprint density at radius 3 is 2.67 bits per heavy atom. The van der Waals surface area contributed by atoms with Crippen molar-refractivity contribution in [1.29, 1.82) is 0 Å². The van der Waals surface area contributed by atoms with Crippen LogP contribution in [-0.4, -0.2) is 35.8 Å². The van der Waals surface area contributed by atoms with E-state index in [1.54, 1.807) is 11.0 Å². The van der Waals surface area contributed by atoms with Crippen molar-refractivity contribution in [3.63, 3.8) is 0 Å². The molecule has 0 saturated heterocycles. The van der Waals surface area contributed by atoms with Crippen LogP contribution in [0.5, 0.6) is 0 Å². The lowest BCUT2D eigenvalue weighted by molar-refractivity contribution is -0.121. The molecule has 0 aliphatic heterocycles. The summed E-state index contributed by atoms with van der Waals surface area (Å²) < 4.78 is 4.96. The molecule has 1 atom stereocenters. The molecule has 0 aromatic carbocycles. The van der Waals surface area contributed by atoms with E-state index in [0.717, 1.165) is 19.3 Å². The number of rotatable bonds is 9. The molecule has 1 aromatic rings. The highest BCUT2D eigenvalue weighted by atomic mass is 16.3. The Bertz CT molecular complexity index is 429. The highest BCUT2D eigenvalue weighted by Crippen LogP contribution is 2.08. The maximum Gasteiger partial charge on any atom is 0.257 e. The van der Waals surface area contributed by atoms with Gasteiger partial charge in [-0.25, -0.2) is 0 Å². The first kappa shape index (κ1) is 17.3. The Labute approximate surface area is 126 Å². The van der Waals surface area contributed by atoms with Gasteiger partial charge in [-0.05, 0) is 25.8 Å². The van der Waals surface area contributed by atoms with Gasteiger partial charge in [0.1, 0.15) is 6.26 Å². The van der Waals surface area contributed by atoms with Gasteiger partial charge in [-0.3, -0.25) is 9.59 Å². The Morgan fingerprint density at radius 2 is 2.10 bits per heavy atom. The monoisotopic (exact) mass is 294 g/mol. The molecule has 0 aliphatic rings. The third-order valence-electron chi connectivity index (χ3n) is 3.47. The smallest absolute Gasteiger partial charge is 0.257 e. The van der Waals surface area contributed by atoms with Crippen LogP contribution in [0.4, 0.5) is 0 Å². The molecular weight excluding hydrogens is 268 g/mol. The van der Waals surface area contributed by atoms with Crippen molar-refractivity contribution in [1.82, 2.24) is 10.2 Å². The third-order valence-corrected chi connectivity index (χ3v) is 3.47. The molecule has 1 aromatic heterocycles.